The summed E-state index contributed by atoms with van der Waals surface area (Å²) >= 11 is 0. The molecular formula is C15H30N2O2. The fourth-order valence-electron chi connectivity index (χ4n) is 2.46. The highest BCUT2D eigenvalue weighted by Gasteiger charge is 2.29. The van der Waals surface area contributed by atoms with Crippen molar-refractivity contribution in [2.45, 2.75) is 70.9 Å². The quantitative estimate of drug-likeness (QED) is 0.661. The molecule has 1 saturated carbocycles. The molecule has 0 bridgehead atoms. The normalized spacial score (nSPS) is 20.3. The van der Waals surface area contributed by atoms with Crippen LogP contribution in [0.3, 0.4) is 0 Å². The Morgan fingerprint density at radius 3 is 2.42 bits per heavy atom. The summed E-state index contributed by atoms with van der Waals surface area (Å²) in [7, 11) is 0. The van der Waals surface area contributed by atoms with E-state index in [1.54, 1.807) is 0 Å². The van der Waals surface area contributed by atoms with E-state index in [1.807, 2.05) is 6.92 Å². The molecule has 1 rings (SSSR count). The van der Waals surface area contributed by atoms with Crippen LogP contribution in [0.25, 0.3) is 0 Å². The zero-order chi connectivity index (χ0) is 14.3. The van der Waals surface area contributed by atoms with Crippen molar-refractivity contribution in [2.24, 2.45) is 5.92 Å². The molecule has 112 valence electrons. The second kappa shape index (κ2) is 7.85. The largest absolute Gasteiger partial charge is 0.389 e. The second-order valence-electron chi connectivity index (χ2n) is 6.36. The Kier molecular flexibility index (Phi) is 6.80. The van der Waals surface area contributed by atoms with Crippen LogP contribution >= 0.6 is 0 Å². The summed E-state index contributed by atoms with van der Waals surface area (Å²) in [6.45, 7) is 7.40. The van der Waals surface area contributed by atoms with E-state index in [2.05, 4.69) is 24.5 Å². The Morgan fingerprint density at radius 1 is 1.21 bits per heavy atom. The van der Waals surface area contributed by atoms with Crippen molar-refractivity contribution < 1.29 is 9.90 Å². The summed E-state index contributed by atoms with van der Waals surface area (Å²) < 4.78 is 0. The summed E-state index contributed by atoms with van der Waals surface area (Å²) in [5.74, 6) is 0.631. The number of nitrogens with one attached hydrogen (secondary N) is 2. The Bertz CT molecular complexity index is 273. The van der Waals surface area contributed by atoms with Crippen LogP contribution in [0.4, 0.5) is 0 Å². The smallest absolute Gasteiger partial charge is 0.236 e. The van der Waals surface area contributed by atoms with Gasteiger partial charge in [0.2, 0.25) is 5.91 Å². The van der Waals surface area contributed by atoms with Crippen molar-refractivity contribution in [2.75, 3.05) is 13.1 Å². The molecule has 19 heavy (non-hydrogen) atoms. The molecular weight excluding hydrogens is 240 g/mol. The average Bonchev–Trinajstić information content (AvgIpc) is 2.36. The molecule has 1 unspecified atom stereocenters. The highest BCUT2D eigenvalue weighted by Crippen LogP contribution is 2.27. The molecule has 0 aromatic rings. The molecule has 0 saturated heterocycles. The van der Waals surface area contributed by atoms with Crippen LogP contribution in [0.5, 0.6) is 0 Å². The molecule has 0 aromatic carbocycles. The molecule has 0 radical (unpaired) electrons. The molecule has 0 aromatic heterocycles. The Hall–Kier alpha value is -0.610. The van der Waals surface area contributed by atoms with Crippen molar-refractivity contribution in [3.63, 3.8) is 0 Å². The molecule has 0 aliphatic heterocycles. The number of amides is 1. The molecule has 1 aliphatic rings. The Balaban J connectivity index is 2.22. The SMILES string of the molecule is CC(C)CCNC(=O)C(C)NCC1(O)CCCCC1. The maximum absolute atomic E-state index is 11.8. The van der Waals surface area contributed by atoms with E-state index < -0.39 is 5.60 Å². The van der Waals surface area contributed by atoms with Gasteiger partial charge in [-0.1, -0.05) is 33.1 Å². The molecule has 1 amide bonds. The van der Waals surface area contributed by atoms with Gasteiger partial charge in [-0.05, 0) is 32.1 Å². The summed E-state index contributed by atoms with van der Waals surface area (Å²) in [5.41, 5.74) is -0.606. The standard InChI is InChI=1S/C15H30N2O2/c1-12(2)7-10-16-14(18)13(3)17-11-15(19)8-5-4-6-9-15/h12-13,17,19H,4-11H2,1-3H3,(H,16,18). The lowest BCUT2D eigenvalue weighted by atomic mass is 9.85. The molecule has 1 atom stereocenters. The minimum absolute atomic E-state index is 0.0278. The first-order chi connectivity index (χ1) is 8.93. The monoisotopic (exact) mass is 270 g/mol. The predicted molar refractivity (Wildman–Crippen MR) is 78.0 cm³/mol. The number of carbonyl (C=O) groups is 1. The van der Waals surface area contributed by atoms with Crippen molar-refractivity contribution in [3.05, 3.63) is 0 Å². The van der Waals surface area contributed by atoms with Crippen LogP contribution in [0.15, 0.2) is 0 Å². The zero-order valence-corrected chi connectivity index (χ0v) is 12.7. The minimum atomic E-state index is -0.606. The first-order valence-corrected chi connectivity index (χ1v) is 7.66. The first kappa shape index (κ1) is 16.4. The topological polar surface area (TPSA) is 61.4 Å². The molecule has 4 nitrogen and oxygen atoms in total. The fraction of sp³-hybridized carbons (Fsp3) is 0.933. The van der Waals surface area contributed by atoms with E-state index in [4.69, 9.17) is 0 Å². The zero-order valence-electron chi connectivity index (χ0n) is 12.7. The van der Waals surface area contributed by atoms with Gasteiger partial charge in [0, 0.05) is 13.1 Å². The molecule has 3 N–H and O–H groups in total. The maximum Gasteiger partial charge on any atom is 0.236 e. The van der Waals surface area contributed by atoms with Crippen LogP contribution in [0.2, 0.25) is 0 Å². The summed E-state index contributed by atoms with van der Waals surface area (Å²) in [4.78, 5) is 11.8. The lowest BCUT2D eigenvalue weighted by Crippen LogP contribution is -2.49. The second-order valence-corrected chi connectivity index (χ2v) is 6.36. The van der Waals surface area contributed by atoms with Crippen molar-refractivity contribution >= 4 is 5.91 Å². The van der Waals surface area contributed by atoms with Gasteiger partial charge in [0.15, 0.2) is 0 Å². The maximum atomic E-state index is 11.8. The lowest BCUT2D eigenvalue weighted by Gasteiger charge is -2.33. The van der Waals surface area contributed by atoms with Crippen LogP contribution in [-0.2, 0) is 4.79 Å². The van der Waals surface area contributed by atoms with Gasteiger partial charge in [0.1, 0.15) is 0 Å². The molecule has 1 aliphatic carbocycles. The van der Waals surface area contributed by atoms with Crippen LogP contribution in [0, 0.1) is 5.92 Å². The minimum Gasteiger partial charge on any atom is -0.389 e. The highest BCUT2D eigenvalue weighted by molar-refractivity contribution is 5.81. The van der Waals surface area contributed by atoms with Crippen molar-refractivity contribution in [3.8, 4) is 0 Å². The van der Waals surface area contributed by atoms with Gasteiger partial charge in [0.25, 0.3) is 0 Å². The van der Waals surface area contributed by atoms with Gasteiger partial charge in [-0.3, -0.25) is 4.79 Å². The van der Waals surface area contributed by atoms with E-state index in [-0.39, 0.29) is 11.9 Å². The van der Waals surface area contributed by atoms with Crippen LogP contribution in [0.1, 0.15) is 59.3 Å². The predicted octanol–water partition coefficient (Wildman–Crippen LogP) is 1.82. The van der Waals surface area contributed by atoms with Crippen molar-refractivity contribution in [1.29, 1.82) is 0 Å². The Morgan fingerprint density at radius 2 is 1.84 bits per heavy atom. The van der Waals surface area contributed by atoms with E-state index in [1.165, 1.54) is 6.42 Å². The van der Waals surface area contributed by atoms with E-state index in [9.17, 15) is 9.90 Å². The van der Waals surface area contributed by atoms with Gasteiger partial charge in [-0.2, -0.15) is 0 Å². The summed E-state index contributed by atoms with van der Waals surface area (Å²) in [6, 6.07) is -0.238. The van der Waals surface area contributed by atoms with Crippen LogP contribution in [-0.4, -0.2) is 35.7 Å². The van der Waals surface area contributed by atoms with Crippen molar-refractivity contribution in [1.82, 2.24) is 10.6 Å². The lowest BCUT2D eigenvalue weighted by molar-refractivity contribution is -0.123. The third kappa shape index (κ3) is 6.39. The van der Waals surface area contributed by atoms with Gasteiger partial charge < -0.3 is 15.7 Å². The molecule has 1 fully saturated rings. The third-order valence-corrected chi connectivity index (χ3v) is 3.94. The summed E-state index contributed by atoms with van der Waals surface area (Å²) in [5, 5.41) is 16.5. The number of aliphatic hydroxyl groups is 1. The number of hydrogen-bond acceptors (Lipinski definition) is 3. The number of carbonyl (C=O) groups excluding carboxylic acids is 1. The number of hydrogen-bond donors (Lipinski definition) is 3. The fourth-order valence-corrected chi connectivity index (χ4v) is 2.46. The summed E-state index contributed by atoms with van der Waals surface area (Å²) in [6.07, 6.45) is 6.10. The van der Waals surface area contributed by atoms with Gasteiger partial charge in [-0.15, -0.1) is 0 Å². The number of rotatable bonds is 7. The van der Waals surface area contributed by atoms with Crippen LogP contribution < -0.4 is 10.6 Å². The molecule has 4 heteroatoms. The molecule has 0 heterocycles. The van der Waals surface area contributed by atoms with Gasteiger partial charge in [0.05, 0.1) is 11.6 Å². The van der Waals surface area contributed by atoms with Gasteiger partial charge >= 0.3 is 0 Å². The highest BCUT2D eigenvalue weighted by atomic mass is 16.3. The average molecular weight is 270 g/mol. The Labute approximate surface area is 117 Å². The van der Waals surface area contributed by atoms with Gasteiger partial charge in [-0.25, -0.2) is 0 Å². The first-order valence-electron chi connectivity index (χ1n) is 7.66. The van der Waals surface area contributed by atoms with E-state index in [0.29, 0.717) is 12.5 Å². The van der Waals surface area contributed by atoms with E-state index in [0.717, 1.165) is 38.6 Å². The third-order valence-electron chi connectivity index (χ3n) is 3.94. The molecule has 0 spiro atoms. The van der Waals surface area contributed by atoms with E-state index >= 15 is 0 Å².